The van der Waals surface area contributed by atoms with Crippen LogP contribution >= 0.6 is 20.0 Å². The van der Waals surface area contributed by atoms with Crippen molar-refractivity contribution < 1.29 is 14.9 Å². The molecular weight excluding hydrogens is 494 g/mol. The molecule has 0 saturated carbocycles. The summed E-state index contributed by atoms with van der Waals surface area (Å²) in [6.07, 6.45) is 0. The summed E-state index contributed by atoms with van der Waals surface area (Å²) >= 11 is -4.00. The third kappa shape index (κ3) is 3.44. The van der Waals surface area contributed by atoms with Gasteiger partial charge in [0.05, 0.1) is 0 Å². The quantitative estimate of drug-likeness (QED) is 0.475. The number of para-hydroxylation sites is 4. The topological polar surface area (TPSA) is 36.9 Å². The van der Waals surface area contributed by atoms with Crippen LogP contribution in [0.25, 0.3) is 0 Å². The second-order valence-corrected chi connectivity index (χ2v) is 15.4. The number of hydrogen-bond acceptors (Lipinski definition) is 6. The molecule has 0 bridgehead atoms. The molecule has 3 aromatic rings. The van der Waals surface area contributed by atoms with Gasteiger partial charge in [0.2, 0.25) is 0 Å². The minimum atomic E-state index is -2.00. The third-order valence-corrected chi connectivity index (χ3v) is 13.8. The molecule has 0 amide bonds. The first kappa shape index (κ1) is 16.8. The molecule has 0 saturated heterocycles. The molecule has 130 valence electrons. The molecule has 2 aliphatic rings. The molecule has 0 aliphatic carbocycles. The van der Waals surface area contributed by atoms with E-state index in [0.29, 0.717) is 0 Å². The van der Waals surface area contributed by atoms with Gasteiger partial charge in [-0.3, -0.25) is 0 Å². The van der Waals surface area contributed by atoms with Crippen LogP contribution in [0.2, 0.25) is 0 Å². The predicted molar refractivity (Wildman–Crippen MR) is 105 cm³/mol. The summed E-state index contributed by atoms with van der Waals surface area (Å²) < 4.78 is 24.4. The monoisotopic (exact) mass is 506 g/mol. The molecule has 0 fully saturated rings. The molecule has 2 aliphatic heterocycles. The van der Waals surface area contributed by atoms with Crippen LogP contribution in [0, 0.1) is 0 Å². The van der Waals surface area contributed by atoms with Crippen molar-refractivity contribution in [3.63, 3.8) is 0 Å². The first-order valence-electron chi connectivity index (χ1n) is 7.80. The number of rotatable bonds is 4. The summed E-state index contributed by atoms with van der Waals surface area (Å²) in [6, 6.07) is 23.8. The molecule has 0 aromatic heterocycles. The first-order chi connectivity index (χ1) is 12.8. The Bertz CT molecular complexity index is 829. The second-order valence-electron chi connectivity index (χ2n) is 5.34. The van der Waals surface area contributed by atoms with Crippen LogP contribution in [0.3, 0.4) is 0 Å². The van der Waals surface area contributed by atoms with E-state index in [9.17, 15) is 0 Å². The Kier molecular flexibility index (Phi) is 4.76. The van der Waals surface area contributed by atoms with E-state index in [2.05, 4.69) is 12.1 Å². The zero-order chi connectivity index (χ0) is 17.3. The van der Waals surface area contributed by atoms with Crippen LogP contribution in [0.15, 0.2) is 82.6 Å². The van der Waals surface area contributed by atoms with Gasteiger partial charge in [0.1, 0.15) is 0 Å². The van der Waals surface area contributed by atoms with Gasteiger partial charge >= 0.3 is 169 Å². The van der Waals surface area contributed by atoms with Crippen LogP contribution in [-0.4, -0.2) is 28.4 Å². The van der Waals surface area contributed by atoms with Gasteiger partial charge in [0.25, 0.3) is 0 Å². The Balaban J connectivity index is 1.30. The van der Waals surface area contributed by atoms with Gasteiger partial charge in [-0.05, 0) is 0 Å². The molecule has 26 heavy (non-hydrogen) atoms. The molecule has 5 rings (SSSR count). The van der Waals surface area contributed by atoms with E-state index in [0.717, 1.165) is 32.8 Å². The Morgan fingerprint density at radius 2 is 1.00 bits per heavy atom. The molecule has 2 unspecified atom stereocenters. The minimum absolute atomic E-state index is 0.724. The molecule has 2 atom stereocenters. The summed E-state index contributed by atoms with van der Waals surface area (Å²) in [6.45, 7) is 0. The van der Waals surface area contributed by atoms with Crippen LogP contribution in [0.5, 0.6) is 23.0 Å². The standard InChI is InChI=1S/C18H12As2O4S2/c1-2-8-14(22-20-24-16-10-4-6-12-18(16)26-20)13(7-1)21-19-23-15-9-3-5-11-17(15)25-19/h1-12H. The molecule has 8 heteroatoms. The maximum atomic E-state index is 6.20. The maximum absolute atomic E-state index is 6.20. The van der Waals surface area contributed by atoms with E-state index < -0.39 is 28.4 Å². The van der Waals surface area contributed by atoms with Crippen molar-refractivity contribution in [1.29, 1.82) is 0 Å². The molecule has 3 aromatic carbocycles. The molecule has 0 radical (unpaired) electrons. The van der Waals surface area contributed by atoms with Gasteiger partial charge in [-0.15, -0.1) is 0 Å². The van der Waals surface area contributed by atoms with E-state index in [4.69, 9.17) is 14.9 Å². The summed E-state index contributed by atoms with van der Waals surface area (Å²) in [5.74, 6) is 3.27. The van der Waals surface area contributed by atoms with E-state index >= 15 is 0 Å². The van der Waals surface area contributed by atoms with Gasteiger partial charge in [-0.1, -0.05) is 0 Å². The normalized spacial score (nSPS) is 19.8. The summed E-state index contributed by atoms with van der Waals surface area (Å²) in [5.41, 5.74) is 0. The van der Waals surface area contributed by atoms with Crippen molar-refractivity contribution in [2.45, 2.75) is 9.79 Å². The van der Waals surface area contributed by atoms with E-state index in [-0.39, 0.29) is 0 Å². The van der Waals surface area contributed by atoms with Crippen molar-refractivity contribution >= 4 is 48.4 Å². The summed E-state index contributed by atoms with van der Waals surface area (Å²) in [5, 5.41) is 0. The fourth-order valence-corrected chi connectivity index (χ4v) is 13.1. The van der Waals surface area contributed by atoms with Crippen LogP contribution in [0.4, 0.5) is 0 Å². The van der Waals surface area contributed by atoms with E-state index in [1.165, 1.54) is 0 Å². The summed E-state index contributed by atoms with van der Waals surface area (Å²) in [4.78, 5) is 2.29. The van der Waals surface area contributed by atoms with Gasteiger partial charge in [-0.2, -0.15) is 0 Å². The van der Waals surface area contributed by atoms with Crippen LogP contribution < -0.4 is 14.9 Å². The van der Waals surface area contributed by atoms with Gasteiger partial charge < -0.3 is 0 Å². The first-order valence-corrected chi connectivity index (χ1v) is 17.0. The van der Waals surface area contributed by atoms with Crippen molar-refractivity contribution in [2.24, 2.45) is 0 Å². The fraction of sp³-hybridized carbons (Fsp3) is 0. The average Bonchev–Trinajstić information content (AvgIpc) is 3.26. The molecular formula is C18H12As2O4S2. The molecule has 0 spiro atoms. The van der Waals surface area contributed by atoms with E-state index in [1.54, 1.807) is 20.0 Å². The predicted octanol–water partition coefficient (Wildman–Crippen LogP) is 4.78. The van der Waals surface area contributed by atoms with Gasteiger partial charge in [-0.25, -0.2) is 0 Å². The van der Waals surface area contributed by atoms with Crippen molar-refractivity contribution in [2.75, 3.05) is 0 Å². The Morgan fingerprint density at radius 3 is 1.46 bits per heavy atom. The van der Waals surface area contributed by atoms with Crippen LogP contribution in [0.1, 0.15) is 0 Å². The third-order valence-electron chi connectivity index (χ3n) is 3.58. The molecule has 2 heterocycles. The van der Waals surface area contributed by atoms with Gasteiger partial charge in [0, 0.05) is 0 Å². The Hall–Kier alpha value is -1.32. The van der Waals surface area contributed by atoms with Gasteiger partial charge in [0.15, 0.2) is 0 Å². The van der Waals surface area contributed by atoms with Crippen molar-refractivity contribution in [3.05, 3.63) is 72.8 Å². The Morgan fingerprint density at radius 1 is 0.577 bits per heavy atom. The zero-order valence-electron chi connectivity index (χ0n) is 13.3. The number of hydrogen-bond donors (Lipinski definition) is 0. The van der Waals surface area contributed by atoms with Crippen molar-refractivity contribution in [1.82, 2.24) is 0 Å². The molecule has 4 nitrogen and oxygen atoms in total. The average molecular weight is 506 g/mol. The Labute approximate surface area is 168 Å². The number of benzene rings is 3. The van der Waals surface area contributed by atoms with E-state index in [1.807, 2.05) is 60.7 Å². The second kappa shape index (κ2) is 7.36. The zero-order valence-corrected chi connectivity index (χ0v) is 18.7. The number of fused-ring (bicyclic) bond motifs is 2. The fourth-order valence-electron chi connectivity index (χ4n) is 2.40. The van der Waals surface area contributed by atoms with Crippen molar-refractivity contribution in [3.8, 4) is 23.0 Å². The van der Waals surface area contributed by atoms with Crippen LogP contribution in [-0.2, 0) is 0 Å². The summed E-state index contributed by atoms with van der Waals surface area (Å²) in [7, 11) is 3.39. The molecule has 0 N–H and O–H groups in total. The SMILES string of the molecule is c1ccc(O[As]2Oc3ccccc3S2)c(O[As]2Oc3ccccc3S2)c1.